The molecule has 2 aromatic rings. The maximum absolute atomic E-state index is 13.5. The molecule has 10 heteroatoms. The number of carbonyl (C=O) groups is 3. The minimum Gasteiger partial charge on any atom is -0.484 e. The zero-order valence-corrected chi connectivity index (χ0v) is 24.1. The first-order valence-corrected chi connectivity index (χ1v) is 13.2. The van der Waals surface area contributed by atoms with Crippen LogP contribution in [0.3, 0.4) is 0 Å². The SMILES string of the molecule is CC1OC(=O)C(N(C(=O)OC(C)(C)C)C(=O)OC(C)(C)C)COCC(Oc2ccccc2)C1Oc1ccccc1. The van der Waals surface area contributed by atoms with Crippen LogP contribution in [-0.2, 0) is 23.7 Å². The van der Waals surface area contributed by atoms with Gasteiger partial charge in [0.15, 0.2) is 18.2 Å². The maximum atomic E-state index is 13.5. The van der Waals surface area contributed by atoms with Crippen molar-refractivity contribution in [3.05, 3.63) is 60.7 Å². The molecule has 3 rings (SSSR count). The van der Waals surface area contributed by atoms with Gasteiger partial charge in [-0.2, -0.15) is 4.90 Å². The monoisotopic (exact) mass is 557 g/mol. The van der Waals surface area contributed by atoms with E-state index in [0.29, 0.717) is 16.4 Å². The number of hydrogen-bond acceptors (Lipinski definition) is 9. The Kier molecular flexibility index (Phi) is 10.0. The Bertz CT molecular complexity index is 1100. The Hall–Kier alpha value is -3.79. The fraction of sp³-hybridized carbons (Fsp3) is 0.500. The van der Waals surface area contributed by atoms with Crippen LogP contribution >= 0.6 is 0 Å². The Morgan fingerprint density at radius 2 is 1.25 bits per heavy atom. The van der Waals surface area contributed by atoms with Gasteiger partial charge in [-0.1, -0.05) is 36.4 Å². The quantitative estimate of drug-likeness (QED) is 0.353. The summed E-state index contributed by atoms with van der Waals surface area (Å²) in [4.78, 5) is 40.5. The van der Waals surface area contributed by atoms with Crippen molar-refractivity contribution in [2.45, 2.75) is 84.0 Å². The van der Waals surface area contributed by atoms with Gasteiger partial charge < -0.3 is 28.4 Å². The van der Waals surface area contributed by atoms with Crippen LogP contribution < -0.4 is 9.47 Å². The van der Waals surface area contributed by atoms with Crippen LogP contribution in [0.1, 0.15) is 48.5 Å². The van der Waals surface area contributed by atoms with E-state index in [0.717, 1.165) is 0 Å². The van der Waals surface area contributed by atoms with Crippen molar-refractivity contribution in [3.8, 4) is 11.5 Å². The van der Waals surface area contributed by atoms with E-state index in [4.69, 9.17) is 28.4 Å². The molecule has 4 atom stereocenters. The highest BCUT2D eigenvalue weighted by atomic mass is 16.6. The van der Waals surface area contributed by atoms with E-state index in [1.54, 1.807) is 72.7 Å². The van der Waals surface area contributed by atoms with Crippen LogP contribution in [0.15, 0.2) is 60.7 Å². The summed E-state index contributed by atoms with van der Waals surface area (Å²) in [6.45, 7) is 11.1. The Morgan fingerprint density at radius 3 is 1.73 bits per heavy atom. The third-order valence-corrected chi connectivity index (χ3v) is 5.50. The van der Waals surface area contributed by atoms with Gasteiger partial charge >= 0.3 is 18.2 Å². The van der Waals surface area contributed by atoms with Crippen molar-refractivity contribution in [2.75, 3.05) is 13.2 Å². The molecule has 1 saturated heterocycles. The number of benzene rings is 2. The maximum Gasteiger partial charge on any atom is 0.420 e. The third-order valence-electron chi connectivity index (χ3n) is 5.50. The number of ether oxygens (including phenoxy) is 6. The number of para-hydroxylation sites is 2. The zero-order valence-electron chi connectivity index (χ0n) is 24.1. The molecular weight excluding hydrogens is 518 g/mol. The van der Waals surface area contributed by atoms with E-state index >= 15 is 0 Å². The van der Waals surface area contributed by atoms with Gasteiger partial charge in [0.05, 0.1) is 13.2 Å². The van der Waals surface area contributed by atoms with Crippen molar-refractivity contribution >= 4 is 18.2 Å². The number of cyclic esters (lactones) is 1. The number of rotatable bonds is 5. The van der Waals surface area contributed by atoms with Crippen LogP contribution in [0, 0.1) is 0 Å². The van der Waals surface area contributed by atoms with Gasteiger partial charge in [-0.15, -0.1) is 0 Å². The Morgan fingerprint density at radius 1 is 0.775 bits per heavy atom. The first-order valence-electron chi connectivity index (χ1n) is 13.2. The Labute approximate surface area is 235 Å². The predicted molar refractivity (Wildman–Crippen MR) is 146 cm³/mol. The van der Waals surface area contributed by atoms with Crippen molar-refractivity contribution < 1.29 is 42.8 Å². The van der Waals surface area contributed by atoms with E-state index in [1.807, 2.05) is 36.4 Å². The second-order valence-electron chi connectivity index (χ2n) is 11.4. The average Bonchev–Trinajstić information content (AvgIpc) is 2.89. The van der Waals surface area contributed by atoms with Gasteiger partial charge in [0, 0.05) is 0 Å². The van der Waals surface area contributed by atoms with E-state index < -0.39 is 53.7 Å². The van der Waals surface area contributed by atoms with Crippen LogP contribution in [0.5, 0.6) is 11.5 Å². The van der Waals surface area contributed by atoms with E-state index in [9.17, 15) is 14.4 Å². The fourth-order valence-electron chi connectivity index (χ4n) is 3.82. The van der Waals surface area contributed by atoms with Gasteiger partial charge in [0.2, 0.25) is 0 Å². The molecule has 1 fully saturated rings. The first-order chi connectivity index (χ1) is 18.7. The summed E-state index contributed by atoms with van der Waals surface area (Å²) in [7, 11) is 0. The molecule has 1 aliphatic heterocycles. The molecule has 1 heterocycles. The number of esters is 1. The van der Waals surface area contributed by atoms with Gasteiger partial charge in [-0.05, 0) is 72.7 Å². The molecule has 0 aromatic heterocycles. The number of nitrogens with zero attached hydrogens (tertiary/aromatic N) is 1. The molecule has 0 bridgehead atoms. The topological polar surface area (TPSA) is 110 Å². The standard InChI is InChI=1S/C30H39NO9/c1-20-25(38-22-16-12-9-13-17-22)24(37-21-14-10-8-11-15-21)19-35-18-23(26(32)36-20)31(27(33)39-29(2,3)4)28(34)40-30(5,6)7/h8-17,20,23-25H,18-19H2,1-7H3. The van der Waals surface area contributed by atoms with Gasteiger partial charge in [-0.25, -0.2) is 14.4 Å². The molecule has 0 radical (unpaired) electrons. The molecule has 2 amide bonds. The third kappa shape index (κ3) is 9.15. The van der Waals surface area contributed by atoms with Crippen LogP contribution in [0.4, 0.5) is 9.59 Å². The second-order valence-corrected chi connectivity index (χ2v) is 11.4. The number of amides is 2. The zero-order chi connectivity index (χ0) is 29.5. The van der Waals surface area contributed by atoms with E-state index in [-0.39, 0.29) is 13.2 Å². The van der Waals surface area contributed by atoms with Gasteiger partial charge in [-0.3, -0.25) is 0 Å². The highest BCUT2D eigenvalue weighted by Gasteiger charge is 2.44. The van der Waals surface area contributed by atoms with Crippen LogP contribution in [-0.4, -0.2) is 71.8 Å². The molecule has 10 nitrogen and oxygen atoms in total. The largest absolute Gasteiger partial charge is 0.484 e. The molecular formula is C30H39NO9. The summed E-state index contributed by atoms with van der Waals surface area (Å²) < 4.78 is 35.1. The highest BCUT2D eigenvalue weighted by Crippen LogP contribution is 2.25. The molecule has 40 heavy (non-hydrogen) atoms. The lowest BCUT2D eigenvalue weighted by Gasteiger charge is -2.32. The normalized spacial score (nSPS) is 22.0. The van der Waals surface area contributed by atoms with Gasteiger partial charge in [0.1, 0.15) is 28.8 Å². The highest BCUT2D eigenvalue weighted by molar-refractivity contribution is 5.94. The number of carbonyl (C=O) groups excluding carboxylic acids is 3. The summed E-state index contributed by atoms with van der Waals surface area (Å²) >= 11 is 0. The van der Waals surface area contributed by atoms with E-state index in [2.05, 4.69) is 0 Å². The molecule has 2 aromatic carbocycles. The molecule has 218 valence electrons. The number of imide groups is 1. The lowest BCUT2D eigenvalue weighted by atomic mass is 10.1. The molecule has 0 saturated carbocycles. The fourth-order valence-corrected chi connectivity index (χ4v) is 3.82. The molecule has 0 N–H and O–H groups in total. The first kappa shape index (κ1) is 30.7. The number of hydrogen-bond donors (Lipinski definition) is 0. The lowest BCUT2D eigenvalue weighted by molar-refractivity contribution is -0.160. The smallest absolute Gasteiger partial charge is 0.420 e. The summed E-state index contributed by atoms with van der Waals surface area (Å²) in [5.41, 5.74) is -1.89. The summed E-state index contributed by atoms with van der Waals surface area (Å²) in [5, 5.41) is 0. The lowest BCUT2D eigenvalue weighted by Crippen LogP contribution is -2.54. The minimum absolute atomic E-state index is 0.0413. The molecule has 1 aliphatic rings. The summed E-state index contributed by atoms with van der Waals surface area (Å²) in [6, 6.07) is 16.7. The van der Waals surface area contributed by atoms with Crippen LogP contribution in [0.2, 0.25) is 0 Å². The van der Waals surface area contributed by atoms with E-state index in [1.165, 1.54) is 0 Å². The van der Waals surface area contributed by atoms with Crippen molar-refractivity contribution in [2.24, 2.45) is 0 Å². The van der Waals surface area contributed by atoms with Crippen molar-refractivity contribution in [3.63, 3.8) is 0 Å². The predicted octanol–water partition coefficient (Wildman–Crippen LogP) is 5.38. The van der Waals surface area contributed by atoms with Crippen LogP contribution in [0.25, 0.3) is 0 Å². The van der Waals surface area contributed by atoms with Crippen molar-refractivity contribution in [1.82, 2.24) is 4.90 Å². The molecule has 0 aliphatic carbocycles. The summed E-state index contributed by atoms with van der Waals surface area (Å²) in [5.74, 6) is 0.222. The summed E-state index contributed by atoms with van der Waals surface area (Å²) in [6.07, 6.45) is -4.52. The molecule has 0 spiro atoms. The van der Waals surface area contributed by atoms with Gasteiger partial charge in [0.25, 0.3) is 0 Å². The average molecular weight is 558 g/mol. The Balaban J connectivity index is 1.94. The minimum atomic E-state index is -1.49. The molecule has 4 unspecified atom stereocenters. The second kappa shape index (κ2) is 13.0. The van der Waals surface area contributed by atoms with Crippen molar-refractivity contribution in [1.29, 1.82) is 0 Å².